The number of aromatic nitrogens is 2. The summed E-state index contributed by atoms with van der Waals surface area (Å²) in [6.45, 7) is 2.81. The van der Waals surface area contributed by atoms with Crippen LogP contribution in [0.25, 0.3) is 0 Å². The van der Waals surface area contributed by atoms with E-state index in [9.17, 15) is 4.79 Å². The molecule has 6 nitrogen and oxygen atoms in total. The van der Waals surface area contributed by atoms with Gasteiger partial charge in [-0.3, -0.25) is 14.8 Å². The van der Waals surface area contributed by atoms with Gasteiger partial charge in [-0.1, -0.05) is 31.4 Å². The van der Waals surface area contributed by atoms with Gasteiger partial charge in [-0.25, -0.2) is 0 Å². The third kappa shape index (κ3) is 4.99. The van der Waals surface area contributed by atoms with Crippen molar-refractivity contribution < 1.29 is 9.53 Å². The molecule has 1 aliphatic heterocycles. The Morgan fingerprint density at radius 1 is 1.24 bits per heavy atom. The highest BCUT2D eigenvalue weighted by Gasteiger charge is 2.26. The summed E-state index contributed by atoms with van der Waals surface area (Å²) in [6.07, 6.45) is 9.92. The minimum absolute atomic E-state index is 0.0209. The van der Waals surface area contributed by atoms with Gasteiger partial charge in [-0.2, -0.15) is 5.10 Å². The topological polar surface area (TPSA) is 70.2 Å². The van der Waals surface area contributed by atoms with Crippen LogP contribution in [0.2, 0.25) is 0 Å². The number of likely N-dealkylation sites (tertiary alicyclic amines) is 1. The van der Waals surface area contributed by atoms with Crippen LogP contribution in [0.15, 0.2) is 30.5 Å². The van der Waals surface area contributed by atoms with E-state index < -0.39 is 0 Å². The highest BCUT2D eigenvalue weighted by Crippen LogP contribution is 2.33. The van der Waals surface area contributed by atoms with Gasteiger partial charge in [0.05, 0.1) is 24.6 Å². The van der Waals surface area contributed by atoms with Crippen molar-refractivity contribution in [3.8, 4) is 5.75 Å². The second-order valence-corrected chi connectivity index (χ2v) is 8.43. The molecule has 4 rings (SSSR count). The molecule has 1 amide bonds. The predicted octanol–water partition coefficient (Wildman–Crippen LogP) is 3.86. The Labute approximate surface area is 173 Å². The molecule has 1 saturated heterocycles. The monoisotopic (exact) mass is 396 g/mol. The number of rotatable bonds is 6. The molecule has 1 saturated carbocycles. The number of nitrogens with zero attached hydrogens (tertiary/aromatic N) is 2. The molecule has 1 aromatic heterocycles. The van der Waals surface area contributed by atoms with Crippen LogP contribution < -0.4 is 10.1 Å². The van der Waals surface area contributed by atoms with Gasteiger partial charge < -0.3 is 10.1 Å². The fourth-order valence-corrected chi connectivity index (χ4v) is 4.79. The van der Waals surface area contributed by atoms with E-state index >= 15 is 0 Å². The zero-order chi connectivity index (χ0) is 20.1. The molecular weight excluding hydrogens is 364 g/mol. The second-order valence-electron chi connectivity index (χ2n) is 8.43. The molecule has 2 fully saturated rings. The first-order chi connectivity index (χ1) is 14.2. The Hall–Kier alpha value is -2.34. The maximum atomic E-state index is 13.0. The molecule has 1 aliphatic carbocycles. The highest BCUT2D eigenvalue weighted by molar-refractivity contribution is 5.95. The van der Waals surface area contributed by atoms with Crippen LogP contribution in [-0.4, -0.2) is 47.2 Å². The Balaban J connectivity index is 1.36. The van der Waals surface area contributed by atoms with Crippen molar-refractivity contribution in [1.82, 2.24) is 20.4 Å². The van der Waals surface area contributed by atoms with E-state index in [-0.39, 0.29) is 11.9 Å². The highest BCUT2D eigenvalue weighted by atomic mass is 16.5. The quantitative estimate of drug-likeness (QED) is 0.778. The Kier molecular flexibility index (Phi) is 6.49. The minimum Gasteiger partial charge on any atom is -0.497 e. The van der Waals surface area contributed by atoms with Crippen molar-refractivity contribution in [3.63, 3.8) is 0 Å². The van der Waals surface area contributed by atoms with Crippen LogP contribution in [0.4, 0.5) is 0 Å². The predicted molar refractivity (Wildman–Crippen MR) is 113 cm³/mol. The standard InChI is InChI=1S/C23H32N4O2/c1-29-20-11-5-7-17(13-20)15-27-12-6-10-19(16-27)25-23(28)21-14-24-26-22(21)18-8-3-2-4-9-18/h5,7,11,13-14,18-19H,2-4,6,8-10,12,15-16H2,1H3,(H,24,26)(H,25,28)/t19-/m1/s1. The average Bonchev–Trinajstić information content (AvgIpc) is 3.25. The van der Waals surface area contributed by atoms with Crippen LogP contribution >= 0.6 is 0 Å². The van der Waals surface area contributed by atoms with Crippen molar-refractivity contribution in [2.75, 3.05) is 20.2 Å². The summed E-state index contributed by atoms with van der Waals surface area (Å²) in [4.78, 5) is 15.4. The SMILES string of the molecule is COc1cccc(CN2CCC[C@@H](NC(=O)c3cn[nH]c3C3CCCCC3)C2)c1. The first-order valence-electron chi connectivity index (χ1n) is 10.9. The Morgan fingerprint density at radius 2 is 2.10 bits per heavy atom. The summed E-state index contributed by atoms with van der Waals surface area (Å²) in [5.74, 6) is 1.36. The van der Waals surface area contributed by atoms with Gasteiger partial charge in [0.25, 0.3) is 5.91 Å². The first-order valence-corrected chi connectivity index (χ1v) is 10.9. The van der Waals surface area contributed by atoms with Gasteiger partial charge in [0.2, 0.25) is 0 Å². The molecule has 2 heterocycles. The van der Waals surface area contributed by atoms with E-state index in [2.05, 4.69) is 32.5 Å². The number of ether oxygens (including phenoxy) is 1. The second kappa shape index (κ2) is 9.44. The van der Waals surface area contributed by atoms with Crippen molar-refractivity contribution in [2.45, 2.75) is 63.5 Å². The first kappa shape index (κ1) is 20.0. The molecule has 0 radical (unpaired) electrons. The van der Waals surface area contributed by atoms with E-state index in [1.54, 1.807) is 13.3 Å². The fourth-order valence-electron chi connectivity index (χ4n) is 4.79. The number of aromatic amines is 1. The van der Waals surface area contributed by atoms with Gasteiger partial charge >= 0.3 is 0 Å². The van der Waals surface area contributed by atoms with E-state index in [0.29, 0.717) is 5.92 Å². The number of H-pyrrole nitrogens is 1. The van der Waals surface area contributed by atoms with Crippen LogP contribution in [-0.2, 0) is 6.54 Å². The molecule has 2 aliphatic rings. The van der Waals surface area contributed by atoms with Crippen molar-refractivity contribution >= 4 is 5.91 Å². The molecule has 1 aromatic carbocycles. The molecule has 0 bridgehead atoms. The lowest BCUT2D eigenvalue weighted by molar-refractivity contribution is 0.0899. The van der Waals surface area contributed by atoms with Gasteiger partial charge in [0, 0.05) is 25.0 Å². The smallest absolute Gasteiger partial charge is 0.255 e. The van der Waals surface area contributed by atoms with Gasteiger partial charge in [0.15, 0.2) is 0 Å². The fraction of sp³-hybridized carbons (Fsp3) is 0.565. The molecule has 29 heavy (non-hydrogen) atoms. The van der Waals surface area contributed by atoms with Gasteiger partial charge in [-0.15, -0.1) is 0 Å². The number of amides is 1. The lowest BCUT2D eigenvalue weighted by Gasteiger charge is -2.33. The van der Waals surface area contributed by atoms with Crippen molar-refractivity contribution in [1.29, 1.82) is 0 Å². The van der Waals surface area contributed by atoms with E-state index in [1.165, 1.54) is 24.8 Å². The number of benzene rings is 1. The number of hydrogen-bond donors (Lipinski definition) is 2. The number of carbonyl (C=O) groups excluding carboxylic acids is 1. The summed E-state index contributed by atoms with van der Waals surface area (Å²) in [5, 5.41) is 10.6. The van der Waals surface area contributed by atoms with Crippen molar-refractivity contribution in [3.05, 3.63) is 47.3 Å². The summed E-state index contributed by atoms with van der Waals surface area (Å²) >= 11 is 0. The lowest BCUT2D eigenvalue weighted by Crippen LogP contribution is -2.47. The van der Waals surface area contributed by atoms with Crippen LogP contribution in [0, 0.1) is 0 Å². The summed E-state index contributed by atoms with van der Waals surface area (Å²) in [5.41, 5.74) is 3.01. The zero-order valence-electron chi connectivity index (χ0n) is 17.3. The largest absolute Gasteiger partial charge is 0.497 e. The van der Waals surface area contributed by atoms with Crippen molar-refractivity contribution in [2.24, 2.45) is 0 Å². The number of piperidine rings is 1. The van der Waals surface area contributed by atoms with Gasteiger partial charge in [-0.05, 0) is 49.9 Å². The molecule has 1 atom stereocenters. The molecule has 2 N–H and O–H groups in total. The van der Waals surface area contributed by atoms with Crippen LogP contribution in [0.1, 0.15) is 72.5 Å². The molecule has 0 spiro atoms. The number of nitrogens with one attached hydrogen (secondary N) is 2. The van der Waals surface area contributed by atoms with Gasteiger partial charge in [0.1, 0.15) is 5.75 Å². The summed E-state index contributed by atoms with van der Waals surface area (Å²) in [6, 6.07) is 8.40. The molecule has 156 valence electrons. The third-order valence-electron chi connectivity index (χ3n) is 6.31. The van der Waals surface area contributed by atoms with E-state index in [4.69, 9.17) is 4.74 Å². The summed E-state index contributed by atoms with van der Waals surface area (Å²) < 4.78 is 5.34. The normalized spacial score (nSPS) is 21.1. The molecule has 2 aromatic rings. The average molecular weight is 397 g/mol. The number of carbonyl (C=O) groups is 1. The van der Waals surface area contributed by atoms with E-state index in [0.717, 1.165) is 62.3 Å². The maximum absolute atomic E-state index is 13.0. The van der Waals surface area contributed by atoms with Crippen LogP contribution in [0.5, 0.6) is 5.75 Å². The zero-order valence-corrected chi connectivity index (χ0v) is 17.3. The molecule has 6 heteroatoms. The number of hydrogen-bond acceptors (Lipinski definition) is 4. The Bertz CT molecular complexity index is 813. The minimum atomic E-state index is 0.0209. The van der Waals surface area contributed by atoms with E-state index in [1.807, 2.05) is 12.1 Å². The summed E-state index contributed by atoms with van der Waals surface area (Å²) in [7, 11) is 1.70. The Morgan fingerprint density at radius 3 is 2.93 bits per heavy atom. The molecular formula is C23H32N4O2. The number of methoxy groups -OCH3 is 1. The molecule has 0 unspecified atom stereocenters. The third-order valence-corrected chi connectivity index (χ3v) is 6.31. The maximum Gasteiger partial charge on any atom is 0.255 e. The van der Waals surface area contributed by atoms with Crippen LogP contribution in [0.3, 0.4) is 0 Å². The lowest BCUT2D eigenvalue weighted by atomic mass is 9.85.